The van der Waals surface area contributed by atoms with E-state index >= 15 is 0 Å². The van der Waals surface area contributed by atoms with Gasteiger partial charge in [0.15, 0.2) is 0 Å². The third-order valence-corrected chi connectivity index (χ3v) is 2.79. The Morgan fingerprint density at radius 2 is 2.12 bits per heavy atom. The summed E-state index contributed by atoms with van der Waals surface area (Å²) in [5.41, 5.74) is 0.671. The summed E-state index contributed by atoms with van der Waals surface area (Å²) in [4.78, 5) is 4.22. The summed E-state index contributed by atoms with van der Waals surface area (Å²) in [5, 5.41) is 0.588. The van der Waals surface area contributed by atoms with Crippen LogP contribution in [0, 0.1) is 5.92 Å². The molecule has 0 bridgehead atoms. The minimum atomic E-state index is 0.308. The topological polar surface area (TPSA) is 22.1 Å². The maximum absolute atomic E-state index is 5.90. The molecule has 0 atom stereocenters. The third kappa shape index (κ3) is 4.58. The van der Waals surface area contributed by atoms with Gasteiger partial charge in [-0.25, -0.2) is 4.98 Å². The second kappa shape index (κ2) is 6.97. The van der Waals surface area contributed by atoms with Crippen LogP contribution in [0.4, 0.5) is 0 Å². The summed E-state index contributed by atoms with van der Waals surface area (Å²) in [5.74, 6) is 1.62. The van der Waals surface area contributed by atoms with Crippen LogP contribution in [-0.4, -0.2) is 11.6 Å². The van der Waals surface area contributed by atoms with Crippen molar-refractivity contribution < 1.29 is 4.74 Å². The average Bonchev–Trinajstić information content (AvgIpc) is 2.26. The molecule has 16 heavy (non-hydrogen) atoms. The van der Waals surface area contributed by atoms with E-state index in [1.807, 2.05) is 0 Å². The van der Waals surface area contributed by atoms with Crippen LogP contribution < -0.4 is 4.74 Å². The minimum absolute atomic E-state index is 0.308. The lowest BCUT2D eigenvalue weighted by Crippen LogP contribution is -2.02. The van der Waals surface area contributed by atoms with E-state index < -0.39 is 0 Å². The Kier molecular flexibility index (Phi) is 5.93. The van der Waals surface area contributed by atoms with Crippen LogP contribution in [0.25, 0.3) is 0 Å². The quantitative estimate of drug-likeness (QED) is 0.563. The van der Waals surface area contributed by atoms with Gasteiger partial charge in [-0.2, -0.15) is 0 Å². The van der Waals surface area contributed by atoms with Crippen molar-refractivity contribution in [2.75, 3.05) is 6.61 Å². The van der Waals surface area contributed by atoms with Crippen LogP contribution >= 0.6 is 23.2 Å². The second-order valence-electron chi connectivity index (χ2n) is 4.10. The van der Waals surface area contributed by atoms with Crippen molar-refractivity contribution in [2.45, 2.75) is 32.6 Å². The molecule has 1 rings (SSSR count). The van der Waals surface area contributed by atoms with Crippen molar-refractivity contribution in [1.82, 2.24) is 4.98 Å². The Hall–Kier alpha value is -0.470. The molecule has 0 aliphatic carbocycles. The Morgan fingerprint density at radius 3 is 2.75 bits per heavy atom. The van der Waals surface area contributed by atoms with Gasteiger partial charge in [0.1, 0.15) is 0 Å². The van der Waals surface area contributed by atoms with E-state index in [4.69, 9.17) is 27.9 Å². The molecule has 1 aromatic heterocycles. The zero-order valence-corrected chi connectivity index (χ0v) is 11.2. The van der Waals surface area contributed by atoms with Gasteiger partial charge in [0.2, 0.25) is 5.88 Å². The molecule has 0 saturated heterocycles. The Balaban J connectivity index is 2.42. The molecule has 0 amide bonds. The summed E-state index contributed by atoms with van der Waals surface area (Å²) in [6, 6.07) is 3.54. The van der Waals surface area contributed by atoms with Crippen LogP contribution in [0.15, 0.2) is 12.1 Å². The molecule has 2 nitrogen and oxygen atoms in total. The lowest BCUT2D eigenvalue weighted by Gasteiger charge is -2.08. The van der Waals surface area contributed by atoms with Crippen molar-refractivity contribution in [3.05, 3.63) is 22.8 Å². The fourth-order valence-electron chi connectivity index (χ4n) is 1.31. The van der Waals surface area contributed by atoms with Gasteiger partial charge < -0.3 is 4.74 Å². The zero-order valence-electron chi connectivity index (χ0n) is 9.67. The fourth-order valence-corrected chi connectivity index (χ4v) is 1.75. The van der Waals surface area contributed by atoms with E-state index in [0.717, 1.165) is 12.8 Å². The summed E-state index contributed by atoms with van der Waals surface area (Å²) in [6.45, 7) is 5.09. The number of alkyl halides is 1. The highest BCUT2D eigenvalue weighted by atomic mass is 35.5. The largest absolute Gasteiger partial charge is 0.478 e. The Bertz CT molecular complexity index is 329. The smallest absolute Gasteiger partial charge is 0.213 e. The number of hydrogen-bond acceptors (Lipinski definition) is 2. The van der Waals surface area contributed by atoms with E-state index in [0.29, 0.717) is 35.0 Å². The summed E-state index contributed by atoms with van der Waals surface area (Å²) >= 11 is 11.6. The number of nitrogens with zero attached hydrogens (tertiary/aromatic N) is 1. The van der Waals surface area contributed by atoms with Crippen LogP contribution in [0.3, 0.4) is 0 Å². The van der Waals surface area contributed by atoms with Crippen molar-refractivity contribution in [3.63, 3.8) is 0 Å². The van der Waals surface area contributed by atoms with Crippen LogP contribution in [0.5, 0.6) is 5.88 Å². The lowest BCUT2D eigenvalue weighted by atomic mass is 10.1. The molecule has 0 N–H and O–H groups in total. The molecule has 0 saturated carbocycles. The van der Waals surface area contributed by atoms with Gasteiger partial charge in [-0.1, -0.05) is 25.4 Å². The lowest BCUT2D eigenvalue weighted by molar-refractivity contribution is 0.286. The third-order valence-electron chi connectivity index (χ3n) is 2.20. The predicted octanol–water partition coefficient (Wildman–Crippen LogP) is 4.29. The molecule has 0 spiro atoms. The molecule has 1 aromatic rings. The summed E-state index contributed by atoms with van der Waals surface area (Å²) in [7, 11) is 0. The first-order chi connectivity index (χ1) is 7.63. The fraction of sp³-hybridized carbons (Fsp3) is 0.583. The molecule has 0 aliphatic heterocycles. The van der Waals surface area contributed by atoms with Gasteiger partial charge in [-0.15, -0.1) is 11.6 Å². The van der Waals surface area contributed by atoms with Crippen LogP contribution in [0.1, 0.15) is 32.4 Å². The molecular weight excluding hydrogens is 245 g/mol. The first-order valence-electron chi connectivity index (χ1n) is 5.47. The van der Waals surface area contributed by atoms with E-state index in [1.165, 1.54) is 0 Å². The highest BCUT2D eigenvalue weighted by Gasteiger charge is 2.03. The highest BCUT2D eigenvalue weighted by Crippen LogP contribution is 2.19. The van der Waals surface area contributed by atoms with E-state index in [1.54, 1.807) is 12.1 Å². The van der Waals surface area contributed by atoms with Crippen molar-refractivity contribution in [2.24, 2.45) is 5.92 Å². The van der Waals surface area contributed by atoms with Gasteiger partial charge in [-0.05, 0) is 24.8 Å². The molecule has 0 aromatic carbocycles. The van der Waals surface area contributed by atoms with Gasteiger partial charge in [0, 0.05) is 6.07 Å². The zero-order chi connectivity index (χ0) is 12.0. The molecule has 1 heterocycles. The molecular formula is C12H17Cl2NO. The van der Waals surface area contributed by atoms with E-state index in [2.05, 4.69) is 18.8 Å². The number of ether oxygens (including phenoxy) is 1. The Morgan fingerprint density at radius 1 is 1.38 bits per heavy atom. The maximum Gasteiger partial charge on any atom is 0.213 e. The first-order valence-corrected chi connectivity index (χ1v) is 6.39. The number of pyridine rings is 1. The van der Waals surface area contributed by atoms with Gasteiger partial charge in [0.05, 0.1) is 23.2 Å². The summed E-state index contributed by atoms with van der Waals surface area (Å²) < 4.78 is 5.53. The van der Waals surface area contributed by atoms with Crippen LogP contribution in [0.2, 0.25) is 5.02 Å². The molecule has 0 aliphatic rings. The van der Waals surface area contributed by atoms with Crippen molar-refractivity contribution >= 4 is 23.2 Å². The van der Waals surface area contributed by atoms with Crippen LogP contribution in [-0.2, 0) is 5.88 Å². The Labute approximate surface area is 107 Å². The second-order valence-corrected chi connectivity index (χ2v) is 4.77. The average molecular weight is 262 g/mol. The molecule has 0 radical (unpaired) electrons. The standard InChI is InChI=1S/C12H17Cl2NO/c1-9(2)4-3-7-16-12-6-5-10(14)11(8-13)15-12/h5-6,9H,3-4,7-8H2,1-2H3. The summed E-state index contributed by atoms with van der Waals surface area (Å²) in [6.07, 6.45) is 2.20. The highest BCUT2D eigenvalue weighted by molar-refractivity contribution is 6.32. The number of rotatable bonds is 6. The molecule has 0 fully saturated rings. The monoisotopic (exact) mass is 261 g/mol. The molecule has 90 valence electrons. The molecule has 4 heteroatoms. The SMILES string of the molecule is CC(C)CCCOc1ccc(Cl)c(CCl)n1. The minimum Gasteiger partial charge on any atom is -0.478 e. The van der Waals surface area contributed by atoms with Crippen molar-refractivity contribution in [3.8, 4) is 5.88 Å². The van der Waals surface area contributed by atoms with Crippen molar-refractivity contribution in [1.29, 1.82) is 0 Å². The van der Waals surface area contributed by atoms with Gasteiger partial charge >= 0.3 is 0 Å². The number of hydrogen-bond donors (Lipinski definition) is 0. The van der Waals surface area contributed by atoms with E-state index in [9.17, 15) is 0 Å². The maximum atomic E-state index is 5.90. The van der Waals surface area contributed by atoms with E-state index in [-0.39, 0.29) is 0 Å². The molecule has 0 unspecified atom stereocenters. The van der Waals surface area contributed by atoms with Gasteiger partial charge in [-0.3, -0.25) is 0 Å². The number of aromatic nitrogens is 1. The first kappa shape index (κ1) is 13.6. The van der Waals surface area contributed by atoms with Gasteiger partial charge in [0.25, 0.3) is 0 Å². The predicted molar refractivity (Wildman–Crippen MR) is 68.4 cm³/mol. The number of halogens is 2. The normalized spacial score (nSPS) is 10.8.